The lowest BCUT2D eigenvalue weighted by atomic mass is 9.94. The number of phenols is 1. The fourth-order valence-corrected chi connectivity index (χ4v) is 5.93. The van der Waals surface area contributed by atoms with Crippen molar-refractivity contribution in [3.63, 3.8) is 0 Å². The highest BCUT2D eigenvalue weighted by Gasteiger charge is 2.41. The van der Waals surface area contributed by atoms with Crippen LogP contribution in [-0.4, -0.2) is 61.1 Å². The Kier molecular flexibility index (Phi) is 6.17. The van der Waals surface area contributed by atoms with Crippen molar-refractivity contribution >= 4 is 33.4 Å². The average molecular weight is 599 g/mol. The van der Waals surface area contributed by atoms with Gasteiger partial charge in [-0.3, -0.25) is 9.59 Å². The molecule has 12 heteroatoms. The summed E-state index contributed by atoms with van der Waals surface area (Å²) in [5.74, 6) is -2.63. The predicted octanol–water partition coefficient (Wildman–Crippen LogP) is 3.78. The summed E-state index contributed by atoms with van der Waals surface area (Å²) in [5.41, 5.74) is 8.32. The molecule has 2 amide bonds. The van der Waals surface area contributed by atoms with Gasteiger partial charge in [-0.25, -0.2) is 18.4 Å². The third-order valence-electron chi connectivity index (χ3n) is 7.77. The van der Waals surface area contributed by atoms with E-state index in [0.717, 1.165) is 18.4 Å². The van der Waals surface area contributed by atoms with Crippen LogP contribution in [0.3, 0.4) is 0 Å². The second-order valence-electron chi connectivity index (χ2n) is 10.0. The SMILES string of the molecule is C=CC(=O)N1CCc2nn(-c3ccc(C4CC4)c(F)c3O)c3c2C(C1)N(C(=O)c1cnc(Br)c(F)c1N)CC3. The number of hydrogen-bond acceptors (Lipinski definition) is 6. The van der Waals surface area contributed by atoms with Gasteiger partial charge in [0.2, 0.25) is 5.91 Å². The maximum Gasteiger partial charge on any atom is 0.258 e. The maximum atomic E-state index is 15.1. The van der Waals surface area contributed by atoms with E-state index in [1.807, 2.05) is 0 Å². The number of benzene rings is 1. The zero-order chi connectivity index (χ0) is 27.6. The van der Waals surface area contributed by atoms with E-state index in [1.54, 1.807) is 26.6 Å². The van der Waals surface area contributed by atoms with E-state index in [1.165, 1.54) is 12.3 Å². The number of aromatic nitrogens is 3. The van der Waals surface area contributed by atoms with E-state index in [0.29, 0.717) is 36.3 Å². The number of phenolic OH excluding ortho intramolecular Hbond substituents is 1. The lowest BCUT2D eigenvalue weighted by Gasteiger charge is -2.38. The standard InChI is InChI=1S/C27H25BrF2N6O3/c1-2-20(37)34-9-7-16-21-17(36(33-16)18-6-5-14(13-3-4-13)22(29)25(18)38)8-10-35(19(21)12-34)27(39)15-11-32-26(28)23(30)24(15)31/h2,5-6,11,13,19,38H,1,3-4,7-10,12H2,(H2,31,32). The fraction of sp³-hybridized carbons (Fsp3) is 0.333. The van der Waals surface area contributed by atoms with Gasteiger partial charge < -0.3 is 20.6 Å². The molecule has 0 radical (unpaired) electrons. The molecule has 1 aliphatic carbocycles. The number of nitrogens with two attached hydrogens (primary N) is 1. The number of nitrogens with zero attached hydrogens (tertiary/aromatic N) is 5. The summed E-state index contributed by atoms with van der Waals surface area (Å²) in [4.78, 5) is 33.4. The molecular weight excluding hydrogens is 574 g/mol. The third kappa shape index (κ3) is 4.08. The molecule has 1 saturated carbocycles. The van der Waals surface area contributed by atoms with E-state index >= 15 is 4.39 Å². The van der Waals surface area contributed by atoms with Gasteiger partial charge in [-0.1, -0.05) is 12.6 Å². The quantitative estimate of drug-likeness (QED) is 0.348. The van der Waals surface area contributed by atoms with Gasteiger partial charge in [-0.05, 0) is 52.4 Å². The molecule has 0 spiro atoms. The minimum absolute atomic E-state index is 0.0886. The van der Waals surface area contributed by atoms with Crippen LogP contribution in [0, 0.1) is 11.6 Å². The monoisotopic (exact) mass is 598 g/mol. The smallest absolute Gasteiger partial charge is 0.258 e. The molecule has 2 aliphatic heterocycles. The number of anilines is 1. The summed E-state index contributed by atoms with van der Waals surface area (Å²) in [6, 6.07) is 2.73. The van der Waals surface area contributed by atoms with Crippen molar-refractivity contribution in [3.05, 3.63) is 75.3 Å². The van der Waals surface area contributed by atoms with Gasteiger partial charge in [0.05, 0.1) is 28.7 Å². The number of nitrogen functional groups attached to an aromatic ring is 1. The van der Waals surface area contributed by atoms with Crippen molar-refractivity contribution in [1.29, 1.82) is 0 Å². The van der Waals surface area contributed by atoms with Gasteiger partial charge in [0, 0.05) is 44.2 Å². The van der Waals surface area contributed by atoms with E-state index < -0.39 is 29.3 Å². The number of pyridine rings is 1. The molecule has 1 atom stereocenters. The second kappa shape index (κ2) is 9.44. The van der Waals surface area contributed by atoms with Crippen molar-refractivity contribution in [2.45, 2.75) is 37.6 Å². The number of rotatable bonds is 4. The van der Waals surface area contributed by atoms with Crippen LogP contribution in [0.5, 0.6) is 5.75 Å². The highest BCUT2D eigenvalue weighted by atomic mass is 79.9. The molecule has 4 heterocycles. The van der Waals surface area contributed by atoms with E-state index in [9.17, 15) is 19.1 Å². The predicted molar refractivity (Wildman–Crippen MR) is 141 cm³/mol. The average Bonchev–Trinajstić information content (AvgIpc) is 3.73. The number of aromatic hydroxyl groups is 1. The van der Waals surface area contributed by atoms with Crippen molar-refractivity contribution in [3.8, 4) is 11.4 Å². The van der Waals surface area contributed by atoms with Gasteiger partial charge in [0.1, 0.15) is 10.3 Å². The Morgan fingerprint density at radius 1 is 1.18 bits per heavy atom. The Morgan fingerprint density at radius 3 is 2.67 bits per heavy atom. The first-order chi connectivity index (χ1) is 18.7. The molecule has 1 fully saturated rings. The third-order valence-corrected chi connectivity index (χ3v) is 8.32. The van der Waals surface area contributed by atoms with Crippen LogP contribution in [0.25, 0.3) is 5.69 Å². The Labute approximate surface area is 231 Å². The van der Waals surface area contributed by atoms with Crippen LogP contribution in [-0.2, 0) is 17.6 Å². The molecule has 1 unspecified atom stereocenters. The van der Waals surface area contributed by atoms with Gasteiger partial charge in [-0.2, -0.15) is 5.10 Å². The summed E-state index contributed by atoms with van der Waals surface area (Å²) in [6.07, 6.45) is 4.94. The zero-order valence-corrected chi connectivity index (χ0v) is 22.4. The highest BCUT2D eigenvalue weighted by molar-refractivity contribution is 9.10. The maximum absolute atomic E-state index is 15.1. The zero-order valence-electron chi connectivity index (χ0n) is 20.8. The minimum Gasteiger partial charge on any atom is -0.503 e. The Hall–Kier alpha value is -3.80. The van der Waals surface area contributed by atoms with Crippen LogP contribution in [0.2, 0.25) is 0 Å². The van der Waals surface area contributed by atoms with Crippen molar-refractivity contribution in [2.75, 3.05) is 25.4 Å². The van der Waals surface area contributed by atoms with Gasteiger partial charge in [0.25, 0.3) is 5.91 Å². The van der Waals surface area contributed by atoms with Gasteiger partial charge in [-0.15, -0.1) is 0 Å². The molecule has 0 saturated heterocycles. The summed E-state index contributed by atoms with van der Waals surface area (Å²) in [5, 5.41) is 15.6. The van der Waals surface area contributed by atoms with Crippen molar-refractivity contribution < 1.29 is 23.5 Å². The van der Waals surface area contributed by atoms with E-state index in [4.69, 9.17) is 10.8 Å². The van der Waals surface area contributed by atoms with Crippen LogP contribution < -0.4 is 5.73 Å². The summed E-state index contributed by atoms with van der Waals surface area (Å²) in [7, 11) is 0. The van der Waals surface area contributed by atoms with Crippen molar-refractivity contribution in [1.82, 2.24) is 24.6 Å². The Morgan fingerprint density at radius 2 is 1.95 bits per heavy atom. The molecule has 202 valence electrons. The fourth-order valence-electron chi connectivity index (χ4n) is 5.62. The van der Waals surface area contributed by atoms with Crippen LogP contribution >= 0.6 is 15.9 Å². The molecular formula is C27H25BrF2N6O3. The molecule has 1 aromatic carbocycles. The van der Waals surface area contributed by atoms with Crippen LogP contribution in [0.4, 0.5) is 14.5 Å². The number of amides is 2. The first-order valence-electron chi connectivity index (χ1n) is 12.6. The summed E-state index contributed by atoms with van der Waals surface area (Å²) < 4.78 is 31.0. The molecule has 3 aliphatic rings. The normalized spacial score (nSPS) is 18.5. The van der Waals surface area contributed by atoms with E-state index in [-0.39, 0.29) is 46.5 Å². The molecule has 39 heavy (non-hydrogen) atoms. The van der Waals surface area contributed by atoms with Crippen LogP contribution in [0.1, 0.15) is 57.7 Å². The van der Waals surface area contributed by atoms with E-state index in [2.05, 4.69) is 27.5 Å². The molecule has 2 aromatic heterocycles. The molecule has 3 N–H and O–H groups in total. The highest BCUT2D eigenvalue weighted by Crippen LogP contribution is 2.45. The summed E-state index contributed by atoms with van der Waals surface area (Å²) in [6.45, 7) is 4.25. The Balaban J connectivity index is 1.45. The number of carbonyl (C=O) groups is 2. The van der Waals surface area contributed by atoms with Gasteiger partial charge >= 0.3 is 0 Å². The first-order valence-corrected chi connectivity index (χ1v) is 13.4. The lowest BCUT2D eigenvalue weighted by molar-refractivity contribution is -0.126. The molecule has 3 aromatic rings. The number of hydrogen-bond donors (Lipinski definition) is 2. The molecule has 0 bridgehead atoms. The number of carbonyl (C=O) groups excluding carboxylic acids is 2. The first kappa shape index (κ1) is 25.5. The molecule has 9 nitrogen and oxygen atoms in total. The lowest BCUT2D eigenvalue weighted by Crippen LogP contribution is -2.46. The topological polar surface area (TPSA) is 118 Å². The summed E-state index contributed by atoms with van der Waals surface area (Å²) >= 11 is 2.98. The number of halogens is 3. The second-order valence-corrected chi connectivity index (χ2v) is 10.8. The minimum atomic E-state index is -0.830. The largest absolute Gasteiger partial charge is 0.503 e. The van der Waals surface area contributed by atoms with Gasteiger partial charge in [0.15, 0.2) is 17.4 Å². The van der Waals surface area contributed by atoms with Crippen molar-refractivity contribution in [2.24, 2.45) is 0 Å². The molecule has 6 rings (SSSR count). The van der Waals surface area contributed by atoms with Crippen LogP contribution in [0.15, 0.2) is 35.6 Å². The Bertz CT molecular complexity index is 1550.